The molecule has 0 atom stereocenters. The molecule has 2 nitrogen and oxygen atoms in total. The number of carbonyl (C=O) groups is 1. The molecule has 0 spiro atoms. The summed E-state index contributed by atoms with van der Waals surface area (Å²) in [5.74, 6) is 0.442. The fourth-order valence-electron chi connectivity index (χ4n) is 2.33. The van der Waals surface area contributed by atoms with Crippen LogP contribution in [0.25, 0.3) is 0 Å². The summed E-state index contributed by atoms with van der Waals surface area (Å²) in [6.07, 6.45) is 7.51. The third-order valence-corrected chi connectivity index (χ3v) is 17.5. The van der Waals surface area contributed by atoms with Crippen molar-refractivity contribution >= 4 is 34.6 Å². The van der Waals surface area contributed by atoms with Crippen molar-refractivity contribution in [3.8, 4) is 0 Å². The van der Waals surface area contributed by atoms with Gasteiger partial charge in [-0.3, -0.25) is 0 Å². The fourth-order valence-corrected chi connectivity index (χ4v) is 14.5. The van der Waals surface area contributed by atoms with E-state index in [1.165, 1.54) is 47.5 Å². The third-order valence-electron chi connectivity index (χ3n) is 3.57. The monoisotopic (exact) mass is 435 g/mol. The van der Waals surface area contributed by atoms with Crippen LogP contribution in [0.3, 0.4) is 0 Å². The maximum atomic E-state index is 12.3. The van der Waals surface area contributed by atoms with E-state index in [4.69, 9.17) is 0 Å². The van der Waals surface area contributed by atoms with Gasteiger partial charge in [0.2, 0.25) is 0 Å². The van der Waals surface area contributed by atoms with Crippen LogP contribution < -0.4 is 0 Å². The summed E-state index contributed by atoms with van der Waals surface area (Å²) < 4.78 is 3.51. The summed E-state index contributed by atoms with van der Waals surface area (Å²) in [7, 11) is 0. The van der Waals surface area contributed by atoms with Gasteiger partial charge in [0.15, 0.2) is 0 Å². The summed E-state index contributed by atoms with van der Waals surface area (Å²) in [6.45, 7) is 6.51. The standard InChI is InChI=1S/C14H28BrNOTe/c1-3-5-11-18(15,12-6-4-2)13-14(17)16-9-7-8-10-16/h3-13H2,1-2H3. The van der Waals surface area contributed by atoms with Crippen LogP contribution in [0.5, 0.6) is 0 Å². The molecule has 18 heavy (non-hydrogen) atoms. The molecule has 1 rings (SSSR count). The van der Waals surface area contributed by atoms with Crippen LogP contribution in [0, 0.1) is 0 Å². The molecule has 1 heterocycles. The molecule has 0 N–H and O–H groups in total. The Morgan fingerprint density at radius 3 is 2.06 bits per heavy atom. The van der Waals surface area contributed by atoms with Crippen LogP contribution in [0.4, 0.5) is 0 Å². The second kappa shape index (κ2) is 8.82. The van der Waals surface area contributed by atoms with Crippen molar-refractivity contribution in [2.45, 2.75) is 65.8 Å². The summed E-state index contributed by atoms with van der Waals surface area (Å²) in [6, 6.07) is 0. The van der Waals surface area contributed by atoms with Crippen molar-refractivity contribution in [3.05, 3.63) is 0 Å². The minimum absolute atomic E-state index is 0.442. The Morgan fingerprint density at radius 1 is 1.11 bits per heavy atom. The Morgan fingerprint density at radius 2 is 1.61 bits per heavy atom. The van der Waals surface area contributed by atoms with E-state index in [0.717, 1.165) is 17.6 Å². The first kappa shape index (κ1) is 16.8. The molecule has 1 amide bonds. The van der Waals surface area contributed by atoms with E-state index in [2.05, 4.69) is 31.5 Å². The van der Waals surface area contributed by atoms with Crippen LogP contribution in [0.2, 0.25) is 13.4 Å². The first-order valence-corrected chi connectivity index (χ1v) is 17.5. The van der Waals surface area contributed by atoms with Crippen LogP contribution in [0.15, 0.2) is 0 Å². The Balaban J connectivity index is 2.49. The predicted octanol–water partition coefficient (Wildman–Crippen LogP) is 4.55. The molecule has 0 aromatic rings. The topological polar surface area (TPSA) is 20.3 Å². The molecular formula is C14H28BrNOTe. The first-order valence-electron chi connectivity index (χ1n) is 7.35. The zero-order chi connectivity index (χ0) is 13.4. The zero-order valence-electron chi connectivity index (χ0n) is 11.9. The van der Waals surface area contributed by atoms with Gasteiger partial charge in [-0.1, -0.05) is 0 Å². The molecule has 1 saturated heterocycles. The zero-order valence-corrected chi connectivity index (χ0v) is 15.8. The van der Waals surface area contributed by atoms with Crippen LogP contribution in [-0.4, -0.2) is 39.9 Å². The predicted molar refractivity (Wildman–Crippen MR) is 84.7 cm³/mol. The number of unbranched alkanes of at least 4 members (excludes halogenated alkanes) is 2. The number of hydrogen-bond acceptors (Lipinski definition) is 1. The first-order chi connectivity index (χ1) is 8.61. The molecule has 0 saturated carbocycles. The van der Waals surface area contributed by atoms with Gasteiger partial charge in [0.1, 0.15) is 0 Å². The van der Waals surface area contributed by atoms with Gasteiger partial charge in [0, 0.05) is 0 Å². The number of likely N-dealkylation sites (tertiary alicyclic amines) is 1. The molecule has 1 fully saturated rings. The van der Waals surface area contributed by atoms with Crippen molar-refractivity contribution in [1.82, 2.24) is 4.90 Å². The third kappa shape index (κ3) is 5.80. The number of amides is 1. The Bertz CT molecular complexity index is 246. The SMILES string of the molecule is CCCC[Te](Br)(CCCC)CC(=O)N1CCCC1. The van der Waals surface area contributed by atoms with Gasteiger partial charge in [-0.05, 0) is 0 Å². The Hall–Kier alpha value is 0.740. The van der Waals surface area contributed by atoms with E-state index in [1.807, 2.05) is 0 Å². The molecule has 0 unspecified atom stereocenters. The van der Waals surface area contributed by atoms with Gasteiger partial charge in [-0.25, -0.2) is 0 Å². The average Bonchev–Trinajstić information content (AvgIpc) is 2.88. The van der Waals surface area contributed by atoms with Crippen LogP contribution in [0.1, 0.15) is 52.4 Å². The van der Waals surface area contributed by atoms with Crippen molar-refractivity contribution in [1.29, 1.82) is 0 Å². The van der Waals surface area contributed by atoms with E-state index >= 15 is 0 Å². The quantitative estimate of drug-likeness (QED) is 0.514. The van der Waals surface area contributed by atoms with Gasteiger partial charge >= 0.3 is 123 Å². The van der Waals surface area contributed by atoms with Gasteiger partial charge in [-0.15, -0.1) is 0 Å². The number of carbonyl (C=O) groups excluding carboxylic acids is 1. The van der Waals surface area contributed by atoms with E-state index in [0.29, 0.717) is 5.91 Å². The van der Waals surface area contributed by atoms with Crippen LogP contribution in [-0.2, 0) is 4.79 Å². The van der Waals surface area contributed by atoms with E-state index < -0.39 is 16.0 Å². The molecule has 1 aliphatic heterocycles. The summed E-state index contributed by atoms with van der Waals surface area (Å²) in [4.78, 5) is 14.4. The fraction of sp³-hybridized carbons (Fsp3) is 0.929. The maximum absolute atomic E-state index is 12.3. The molecule has 0 radical (unpaired) electrons. The van der Waals surface area contributed by atoms with Crippen molar-refractivity contribution in [2.75, 3.05) is 13.1 Å². The molecule has 4 heteroatoms. The molecule has 108 valence electrons. The molecule has 1 aliphatic rings. The van der Waals surface area contributed by atoms with Crippen molar-refractivity contribution in [3.63, 3.8) is 0 Å². The second-order valence-electron chi connectivity index (χ2n) is 5.29. The van der Waals surface area contributed by atoms with Crippen molar-refractivity contribution in [2.24, 2.45) is 0 Å². The van der Waals surface area contributed by atoms with Gasteiger partial charge < -0.3 is 0 Å². The number of halogens is 1. The van der Waals surface area contributed by atoms with E-state index in [9.17, 15) is 4.79 Å². The van der Waals surface area contributed by atoms with Crippen molar-refractivity contribution < 1.29 is 4.79 Å². The molecule has 0 aliphatic carbocycles. The second-order valence-corrected chi connectivity index (χ2v) is 23.0. The minimum atomic E-state index is -2.07. The number of rotatable bonds is 8. The molecule has 0 aromatic heterocycles. The summed E-state index contributed by atoms with van der Waals surface area (Å²) in [5, 5.41) is 0. The van der Waals surface area contributed by atoms with Crippen LogP contribution >= 0.6 is 12.8 Å². The molecule has 0 aromatic carbocycles. The van der Waals surface area contributed by atoms with Gasteiger partial charge in [-0.2, -0.15) is 0 Å². The Kier molecular flexibility index (Phi) is 8.23. The van der Waals surface area contributed by atoms with E-state index in [-0.39, 0.29) is 0 Å². The van der Waals surface area contributed by atoms with E-state index in [1.54, 1.807) is 0 Å². The Labute approximate surface area is 122 Å². The van der Waals surface area contributed by atoms with Gasteiger partial charge in [0.05, 0.1) is 0 Å². The summed E-state index contributed by atoms with van der Waals surface area (Å²) >= 11 is 2.00. The normalized spacial score (nSPS) is 17.2. The molecule has 0 bridgehead atoms. The average molecular weight is 434 g/mol. The number of nitrogens with zero attached hydrogens (tertiary/aromatic N) is 1. The summed E-state index contributed by atoms with van der Waals surface area (Å²) in [5.41, 5.74) is 0. The van der Waals surface area contributed by atoms with Gasteiger partial charge in [0.25, 0.3) is 0 Å². The molecular weight excluding hydrogens is 406 g/mol. The number of hydrogen-bond donors (Lipinski definition) is 0.